The van der Waals surface area contributed by atoms with Crippen LogP contribution in [0.15, 0.2) is 34.2 Å². The van der Waals surface area contributed by atoms with E-state index in [2.05, 4.69) is 29.5 Å². The molecular formula is C17H31IN4O2S. The minimum atomic E-state index is -3.64. The summed E-state index contributed by atoms with van der Waals surface area (Å²) in [4.78, 5) is 4.34. The predicted octanol–water partition coefficient (Wildman–Crippen LogP) is 2.98. The Kier molecular flexibility index (Phi) is 12.0. The molecule has 1 atom stereocenters. The van der Waals surface area contributed by atoms with Gasteiger partial charge < -0.3 is 10.6 Å². The molecule has 0 spiro atoms. The van der Waals surface area contributed by atoms with Gasteiger partial charge in [0, 0.05) is 19.6 Å². The molecule has 1 aromatic rings. The molecule has 0 aliphatic carbocycles. The number of sulfonamides is 1. The van der Waals surface area contributed by atoms with E-state index in [1.807, 2.05) is 0 Å². The molecule has 0 radical (unpaired) electrons. The largest absolute Gasteiger partial charge is 0.354 e. The van der Waals surface area contributed by atoms with Crippen molar-refractivity contribution < 1.29 is 8.42 Å². The predicted molar refractivity (Wildman–Crippen MR) is 115 cm³/mol. The molecule has 0 saturated carbocycles. The molecule has 0 aliphatic rings. The number of guanidine groups is 1. The van der Waals surface area contributed by atoms with Crippen molar-refractivity contribution in [3.05, 3.63) is 29.8 Å². The summed E-state index contributed by atoms with van der Waals surface area (Å²) in [5, 5.41) is 11.7. The molecular weight excluding hydrogens is 451 g/mol. The van der Waals surface area contributed by atoms with Crippen molar-refractivity contribution in [2.75, 3.05) is 7.05 Å². The maximum absolute atomic E-state index is 11.2. The maximum atomic E-state index is 11.2. The van der Waals surface area contributed by atoms with Crippen LogP contribution in [0.4, 0.5) is 0 Å². The quantitative estimate of drug-likeness (QED) is 0.218. The van der Waals surface area contributed by atoms with Gasteiger partial charge in [-0.05, 0) is 31.0 Å². The van der Waals surface area contributed by atoms with Gasteiger partial charge in [-0.15, -0.1) is 24.0 Å². The van der Waals surface area contributed by atoms with Gasteiger partial charge in [0.25, 0.3) is 0 Å². The average molecular weight is 482 g/mol. The number of halogens is 1. The monoisotopic (exact) mass is 482 g/mol. The van der Waals surface area contributed by atoms with Crippen LogP contribution >= 0.6 is 24.0 Å². The molecule has 0 fully saturated rings. The van der Waals surface area contributed by atoms with E-state index < -0.39 is 10.0 Å². The summed E-state index contributed by atoms with van der Waals surface area (Å²) in [6.07, 6.45) is 6.13. The normalized spacial score (nSPS) is 13.0. The molecule has 25 heavy (non-hydrogen) atoms. The number of nitrogens with one attached hydrogen (secondary N) is 2. The number of benzene rings is 1. The zero-order valence-electron chi connectivity index (χ0n) is 15.3. The molecule has 144 valence electrons. The summed E-state index contributed by atoms with van der Waals surface area (Å²) in [7, 11) is -1.90. The number of nitrogens with two attached hydrogens (primary N) is 1. The lowest BCUT2D eigenvalue weighted by Gasteiger charge is -2.18. The Morgan fingerprint density at radius 1 is 1.20 bits per heavy atom. The van der Waals surface area contributed by atoms with Crippen LogP contribution in [0.3, 0.4) is 0 Å². The second-order valence-electron chi connectivity index (χ2n) is 6.01. The standard InChI is InChI=1S/C17H30N4O2S.HI/c1-4-5-6-7-8-14(2)21-17(19-3)20-13-15-9-11-16(12-10-15)24(18,22)23;/h9-12,14H,4-8,13H2,1-3H3,(H2,18,22,23)(H2,19,20,21);1H. The van der Waals surface area contributed by atoms with E-state index in [0.717, 1.165) is 17.9 Å². The van der Waals surface area contributed by atoms with Crippen LogP contribution in [0.1, 0.15) is 51.5 Å². The first kappa shape index (κ1) is 24.1. The number of hydrogen-bond acceptors (Lipinski definition) is 3. The van der Waals surface area contributed by atoms with Crippen molar-refractivity contribution in [2.45, 2.75) is 63.4 Å². The average Bonchev–Trinajstić information content (AvgIpc) is 2.55. The molecule has 1 aromatic carbocycles. The summed E-state index contributed by atoms with van der Waals surface area (Å²) < 4.78 is 22.5. The van der Waals surface area contributed by atoms with Crippen LogP contribution in [0, 0.1) is 0 Å². The van der Waals surface area contributed by atoms with Gasteiger partial charge in [0.1, 0.15) is 0 Å². The molecule has 8 heteroatoms. The van der Waals surface area contributed by atoms with Crippen LogP contribution in [-0.4, -0.2) is 27.5 Å². The number of rotatable bonds is 9. The Morgan fingerprint density at radius 2 is 1.84 bits per heavy atom. The summed E-state index contributed by atoms with van der Waals surface area (Å²) in [6, 6.07) is 6.87. The van der Waals surface area contributed by atoms with Gasteiger partial charge in [-0.1, -0.05) is 44.7 Å². The highest BCUT2D eigenvalue weighted by molar-refractivity contribution is 14.0. The minimum absolute atomic E-state index is 0. The van der Waals surface area contributed by atoms with Gasteiger partial charge in [-0.2, -0.15) is 0 Å². The first-order valence-electron chi connectivity index (χ1n) is 8.45. The third-order valence-corrected chi connectivity index (χ3v) is 4.74. The molecule has 6 nitrogen and oxygen atoms in total. The van der Waals surface area contributed by atoms with Crippen molar-refractivity contribution in [1.82, 2.24) is 10.6 Å². The number of unbranched alkanes of at least 4 members (excludes halogenated alkanes) is 3. The smallest absolute Gasteiger partial charge is 0.238 e. The molecule has 0 aliphatic heterocycles. The van der Waals surface area contributed by atoms with Gasteiger partial charge in [-0.25, -0.2) is 13.6 Å². The van der Waals surface area contributed by atoms with Crippen LogP contribution in [0.5, 0.6) is 0 Å². The summed E-state index contributed by atoms with van der Waals surface area (Å²) in [5.74, 6) is 0.744. The topological polar surface area (TPSA) is 96.6 Å². The number of aliphatic imine (C=N–C) groups is 1. The van der Waals surface area contributed by atoms with E-state index in [0.29, 0.717) is 12.6 Å². The molecule has 0 bridgehead atoms. The van der Waals surface area contributed by atoms with Crippen molar-refractivity contribution in [3.8, 4) is 0 Å². The lowest BCUT2D eigenvalue weighted by atomic mass is 10.1. The molecule has 4 N–H and O–H groups in total. The van der Waals surface area contributed by atoms with E-state index in [4.69, 9.17) is 5.14 Å². The van der Waals surface area contributed by atoms with Gasteiger partial charge >= 0.3 is 0 Å². The highest BCUT2D eigenvalue weighted by Gasteiger charge is 2.08. The third kappa shape index (κ3) is 10.0. The zero-order chi connectivity index (χ0) is 18.0. The van der Waals surface area contributed by atoms with Gasteiger partial charge in [-0.3, -0.25) is 4.99 Å². The second kappa shape index (κ2) is 12.5. The molecule has 0 saturated heterocycles. The molecule has 0 aromatic heterocycles. The van der Waals surface area contributed by atoms with E-state index in [-0.39, 0.29) is 28.9 Å². The molecule has 0 amide bonds. The van der Waals surface area contributed by atoms with E-state index >= 15 is 0 Å². The molecule has 1 unspecified atom stereocenters. The van der Waals surface area contributed by atoms with Crippen molar-refractivity contribution in [1.29, 1.82) is 0 Å². The highest BCUT2D eigenvalue weighted by Crippen LogP contribution is 2.08. The summed E-state index contributed by atoms with van der Waals surface area (Å²) in [5.41, 5.74) is 0.959. The third-order valence-electron chi connectivity index (χ3n) is 3.81. The first-order chi connectivity index (χ1) is 11.4. The Labute approximate surface area is 169 Å². The fraction of sp³-hybridized carbons (Fsp3) is 0.588. The van der Waals surface area contributed by atoms with Crippen molar-refractivity contribution in [2.24, 2.45) is 10.1 Å². The van der Waals surface area contributed by atoms with E-state index in [9.17, 15) is 8.42 Å². The van der Waals surface area contributed by atoms with Crippen molar-refractivity contribution in [3.63, 3.8) is 0 Å². The summed E-state index contributed by atoms with van der Waals surface area (Å²) >= 11 is 0. The van der Waals surface area contributed by atoms with Gasteiger partial charge in [0.05, 0.1) is 4.90 Å². The van der Waals surface area contributed by atoms with Crippen molar-refractivity contribution >= 4 is 40.0 Å². The van der Waals surface area contributed by atoms with E-state index in [1.54, 1.807) is 19.2 Å². The van der Waals surface area contributed by atoms with Crippen LogP contribution in [0.25, 0.3) is 0 Å². The van der Waals surface area contributed by atoms with Crippen LogP contribution in [-0.2, 0) is 16.6 Å². The minimum Gasteiger partial charge on any atom is -0.354 e. The number of hydrogen-bond donors (Lipinski definition) is 3. The lowest BCUT2D eigenvalue weighted by Crippen LogP contribution is -2.41. The molecule has 1 rings (SSSR count). The Morgan fingerprint density at radius 3 is 2.36 bits per heavy atom. The van der Waals surface area contributed by atoms with Gasteiger partial charge in [0.15, 0.2) is 5.96 Å². The van der Waals surface area contributed by atoms with E-state index in [1.165, 1.54) is 37.8 Å². The molecule has 0 heterocycles. The SMILES string of the molecule is CCCCCCC(C)NC(=NC)NCc1ccc(S(N)(=O)=O)cc1.I. The first-order valence-corrected chi connectivity index (χ1v) is 10.0. The second-order valence-corrected chi connectivity index (χ2v) is 7.57. The fourth-order valence-corrected chi connectivity index (χ4v) is 2.88. The summed E-state index contributed by atoms with van der Waals surface area (Å²) in [6.45, 7) is 4.93. The number of nitrogens with zero attached hydrogens (tertiary/aromatic N) is 1. The Balaban J connectivity index is 0.00000576. The Hall–Kier alpha value is -0.870. The Bertz CT molecular complexity index is 618. The maximum Gasteiger partial charge on any atom is 0.238 e. The van der Waals surface area contributed by atoms with Crippen LogP contribution < -0.4 is 15.8 Å². The number of primary sulfonamides is 1. The van der Waals surface area contributed by atoms with Gasteiger partial charge in [0.2, 0.25) is 10.0 Å². The fourth-order valence-electron chi connectivity index (χ4n) is 2.36. The highest BCUT2D eigenvalue weighted by atomic mass is 127. The zero-order valence-corrected chi connectivity index (χ0v) is 18.4. The lowest BCUT2D eigenvalue weighted by molar-refractivity contribution is 0.537. The van der Waals surface area contributed by atoms with Crippen LogP contribution in [0.2, 0.25) is 0 Å².